The molecule has 0 spiro atoms. The Kier molecular flexibility index (Phi) is 7.88. The summed E-state index contributed by atoms with van der Waals surface area (Å²) in [5.41, 5.74) is 3.03. The lowest BCUT2D eigenvalue weighted by molar-refractivity contribution is -0.147. The van der Waals surface area contributed by atoms with Gasteiger partial charge in [-0.2, -0.15) is 10.4 Å². The molecule has 1 aliphatic rings. The number of nitrogens with zero attached hydrogens (tertiary/aromatic N) is 4. The third-order valence-corrected chi connectivity index (χ3v) is 6.55. The summed E-state index contributed by atoms with van der Waals surface area (Å²) in [5, 5.41) is 14.5. The van der Waals surface area contributed by atoms with Gasteiger partial charge in [0.25, 0.3) is 11.8 Å². The van der Waals surface area contributed by atoms with Crippen LogP contribution in [0.4, 0.5) is 0 Å². The van der Waals surface area contributed by atoms with Crippen LogP contribution in [0.25, 0.3) is 23.0 Å². The first-order chi connectivity index (χ1) is 18.2. The Labute approximate surface area is 227 Å². The van der Waals surface area contributed by atoms with Gasteiger partial charge in [-0.15, -0.1) is 0 Å². The maximum atomic E-state index is 13.5. The number of para-hydroxylation sites is 1. The summed E-state index contributed by atoms with van der Waals surface area (Å²) < 4.78 is 12.7. The molecule has 0 saturated carbocycles. The van der Waals surface area contributed by atoms with Gasteiger partial charge in [0.05, 0.1) is 23.8 Å². The van der Waals surface area contributed by atoms with Gasteiger partial charge in [-0.3, -0.25) is 19.3 Å². The number of hydrogen-bond donors (Lipinski definition) is 0. The largest absolute Gasteiger partial charge is 0.496 e. The summed E-state index contributed by atoms with van der Waals surface area (Å²) >= 11 is 3.51. The Morgan fingerprint density at radius 3 is 2.53 bits per heavy atom. The van der Waals surface area contributed by atoms with Gasteiger partial charge >= 0.3 is 5.97 Å². The molecule has 0 N–H and O–H groups in total. The van der Waals surface area contributed by atoms with Crippen LogP contribution in [0.15, 0.2) is 75.9 Å². The molecule has 0 saturated heterocycles. The van der Waals surface area contributed by atoms with Crippen molar-refractivity contribution in [3.63, 3.8) is 0 Å². The molecule has 0 aliphatic carbocycles. The van der Waals surface area contributed by atoms with E-state index in [1.165, 1.54) is 6.92 Å². The van der Waals surface area contributed by atoms with E-state index in [0.29, 0.717) is 17.0 Å². The van der Waals surface area contributed by atoms with Crippen molar-refractivity contribution in [2.24, 2.45) is 0 Å². The van der Waals surface area contributed by atoms with Gasteiger partial charge in [0.1, 0.15) is 29.7 Å². The summed E-state index contributed by atoms with van der Waals surface area (Å²) in [6.07, 6.45) is 3.40. The molecular formula is C28H23BrN4O5. The van der Waals surface area contributed by atoms with Gasteiger partial charge in [-0.1, -0.05) is 18.2 Å². The van der Waals surface area contributed by atoms with E-state index in [1.54, 1.807) is 37.1 Å². The molecule has 9 nitrogen and oxygen atoms in total. The van der Waals surface area contributed by atoms with Crippen molar-refractivity contribution >= 4 is 39.8 Å². The van der Waals surface area contributed by atoms with Crippen LogP contribution in [0, 0.1) is 11.3 Å². The van der Waals surface area contributed by atoms with E-state index in [0.717, 1.165) is 20.6 Å². The van der Waals surface area contributed by atoms with Crippen molar-refractivity contribution < 1.29 is 23.9 Å². The average molecular weight is 575 g/mol. The number of hydrogen-bond acceptors (Lipinski definition) is 7. The normalized spacial score (nSPS) is 14.6. The Hall–Kier alpha value is -4.49. The number of methoxy groups -OCH3 is 1. The second-order valence-electron chi connectivity index (χ2n) is 8.33. The maximum absolute atomic E-state index is 13.5. The highest BCUT2D eigenvalue weighted by molar-refractivity contribution is 9.10. The Bertz CT molecular complexity index is 1530. The number of halogens is 1. The summed E-state index contributed by atoms with van der Waals surface area (Å²) in [6, 6.07) is 16.9. The summed E-state index contributed by atoms with van der Waals surface area (Å²) in [4.78, 5) is 38.4. The van der Waals surface area contributed by atoms with E-state index in [-0.39, 0.29) is 29.9 Å². The van der Waals surface area contributed by atoms with E-state index in [2.05, 4.69) is 15.9 Å². The number of rotatable bonds is 7. The lowest BCUT2D eigenvalue weighted by Gasteiger charge is -2.27. The van der Waals surface area contributed by atoms with Crippen molar-refractivity contribution in [2.45, 2.75) is 13.8 Å². The molecule has 0 fully saturated rings. The second-order valence-corrected chi connectivity index (χ2v) is 9.19. The number of carbonyl (C=O) groups is 3. The fourth-order valence-corrected chi connectivity index (χ4v) is 4.55. The number of amides is 2. The molecule has 2 amide bonds. The highest BCUT2D eigenvalue weighted by Crippen LogP contribution is 2.34. The van der Waals surface area contributed by atoms with Gasteiger partial charge < -0.3 is 9.47 Å². The van der Waals surface area contributed by atoms with Crippen molar-refractivity contribution in [1.29, 1.82) is 5.26 Å². The van der Waals surface area contributed by atoms with E-state index in [4.69, 9.17) is 14.6 Å². The quantitative estimate of drug-likeness (QED) is 0.232. The van der Waals surface area contributed by atoms with Crippen molar-refractivity contribution in [3.05, 3.63) is 81.5 Å². The minimum Gasteiger partial charge on any atom is -0.496 e. The molecule has 2 aromatic carbocycles. The topological polar surface area (TPSA) is 115 Å². The molecule has 0 radical (unpaired) electrons. The van der Waals surface area contributed by atoms with Crippen molar-refractivity contribution in [3.8, 4) is 28.8 Å². The van der Waals surface area contributed by atoms with E-state index < -0.39 is 17.8 Å². The zero-order valence-electron chi connectivity index (χ0n) is 20.9. The van der Waals surface area contributed by atoms with Crippen LogP contribution in [-0.2, 0) is 19.1 Å². The fourth-order valence-electron chi connectivity index (χ4n) is 4.01. The molecule has 4 rings (SSSR count). The Morgan fingerprint density at radius 2 is 1.89 bits per heavy atom. The van der Waals surface area contributed by atoms with Gasteiger partial charge in [0, 0.05) is 29.8 Å². The van der Waals surface area contributed by atoms with Crippen LogP contribution in [0.5, 0.6) is 5.75 Å². The van der Waals surface area contributed by atoms with Gasteiger partial charge in [-0.05, 0) is 64.8 Å². The Morgan fingerprint density at radius 1 is 1.16 bits per heavy atom. The van der Waals surface area contributed by atoms with Gasteiger partial charge in [-0.25, -0.2) is 4.68 Å². The van der Waals surface area contributed by atoms with Crippen LogP contribution in [0.2, 0.25) is 0 Å². The number of benzene rings is 2. The number of carbonyl (C=O) groups excluding carboxylic acids is 3. The number of nitriles is 1. The molecule has 2 heterocycles. The summed E-state index contributed by atoms with van der Waals surface area (Å²) in [7, 11) is 1.57. The number of imide groups is 1. The lowest BCUT2D eigenvalue weighted by Crippen LogP contribution is -2.44. The number of ether oxygens (including phenoxy) is 2. The molecular weight excluding hydrogens is 552 g/mol. The molecule has 192 valence electrons. The van der Waals surface area contributed by atoms with E-state index in [1.807, 2.05) is 48.5 Å². The predicted molar refractivity (Wildman–Crippen MR) is 143 cm³/mol. The van der Waals surface area contributed by atoms with Crippen LogP contribution >= 0.6 is 15.9 Å². The smallest absolute Gasteiger partial charge is 0.302 e. The van der Waals surface area contributed by atoms with E-state index in [9.17, 15) is 19.6 Å². The number of esters is 1. The predicted octanol–water partition coefficient (Wildman–Crippen LogP) is 4.47. The minimum absolute atomic E-state index is 0.150. The van der Waals surface area contributed by atoms with Crippen LogP contribution < -0.4 is 4.74 Å². The van der Waals surface area contributed by atoms with Gasteiger partial charge in [0.15, 0.2) is 0 Å². The summed E-state index contributed by atoms with van der Waals surface area (Å²) in [5.74, 6) is -1.20. The first-order valence-corrected chi connectivity index (χ1v) is 12.4. The molecule has 1 aliphatic heterocycles. The highest BCUT2D eigenvalue weighted by atomic mass is 79.9. The SMILES string of the molecule is COc1ccc(-c2nn(-c3ccccc3)cc2/C=C2/C(=O)N(CCOC(C)=O)C(=O)C(C#N)=C2C)cc1Br. The van der Waals surface area contributed by atoms with Crippen molar-refractivity contribution in [1.82, 2.24) is 14.7 Å². The molecule has 0 atom stereocenters. The van der Waals surface area contributed by atoms with Crippen molar-refractivity contribution in [2.75, 3.05) is 20.3 Å². The molecule has 1 aromatic heterocycles. The zero-order valence-corrected chi connectivity index (χ0v) is 22.5. The zero-order chi connectivity index (χ0) is 27.4. The summed E-state index contributed by atoms with van der Waals surface area (Å²) in [6.45, 7) is 2.46. The number of aromatic nitrogens is 2. The molecule has 38 heavy (non-hydrogen) atoms. The standard InChI is InChI=1S/C28H23BrN4O5/c1-17-22(27(35)32(11-12-38-18(2)34)28(36)23(17)15-30)13-20-16-33(21-7-5-4-6-8-21)31-26(20)19-9-10-25(37-3)24(29)14-19/h4-10,13-14,16H,11-12H2,1-3H3/b22-13+. The second kappa shape index (κ2) is 11.3. The van der Waals surface area contributed by atoms with Crippen LogP contribution in [0.3, 0.4) is 0 Å². The maximum Gasteiger partial charge on any atom is 0.302 e. The van der Waals surface area contributed by atoms with Crippen LogP contribution in [-0.4, -0.2) is 52.7 Å². The third-order valence-electron chi connectivity index (χ3n) is 5.93. The molecule has 3 aromatic rings. The first kappa shape index (κ1) is 26.6. The van der Waals surface area contributed by atoms with Gasteiger partial charge in [0.2, 0.25) is 0 Å². The average Bonchev–Trinajstić information content (AvgIpc) is 3.33. The monoisotopic (exact) mass is 574 g/mol. The Balaban J connectivity index is 1.86. The minimum atomic E-state index is -0.724. The van der Waals surface area contributed by atoms with E-state index >= 15 is 0 Å². The highest BCUT2D eigenvalue weighted by Gasteiger charge is 2.35. The lowest BCUT2D eigenvalue weighted by atomic mass is 9.93. The van der Waals surface area contributed by atoms with Crippen LogP contribution in [0.1, 0.15) is 19.4 Å². The molecule has 10 heteroatoms. The molecule has 0 unspecified atom stereocenters. The first-order valence-electron chi connectivity index (χ1n) is 11.6. The fraction of sp³-hybridized carbons (Fsp3) is 0.179. The molecule has 0 bridgehead atoms. The third kappa shape index (κ3) is 5.28.